The quantitative estimate of drug-likeness (QED) is 0.776. The summed E-state index contributed by atoms with van der Waals surface area (Å²) in [5.74, 6) is -1.29. The lowest BCUT2D eigenvalue weighted by atomic mass is 9.81. The molecule has 2 atom stereocenters. The third-order valence-corrected chi connectivity index (χ3v) is 4.40. The maximum Gasteiger partial charge on any atom is 0.329 e. The largest absolute Gasteiger partial charge is 0.480 e. The number of hydrogen-bond donors (Lipinski definition) is 2. The first-order chi connectivity index (χ1) is 10.0. The van der Waals surface area contributed by atoms with Crippen LogP contribution >= 0.6 is 0 Å². The van der Waals surface area contributed by atoms with Gasteiger partial charge in [0.1, 0.15) is 11.6 Å². The van der Waals surface area contributed by atoms with Crippen molar-refractivity contribution in [2.24, 2.45) is 0 Å². The van der Waals surface area contributed by atoms with Crippen molar-refractivity contribution in [1.29, 1.82) is 0 Å². The third-order valence-electron chi connectivity index (χ3n) is 4.40. The van der Waals surface area contributed by atoms with Crippen molar-refractivity contribution < 1.29 is 24.2 Å². The molecule has 0 aromatic heterocycles. The van der Waals surface area contributed by atoms with Gasteiger partial charge in [0.05, 0.1) is 12.7 Å². The first-order valence-electron chi connectivity index (χ1n) is 7.82. The van der Waals surface area contributed by atoms with E-state index in [1.165, 1.54) is 0 Å². The molecule has 6 nitrogen and oxygen atoms in total. The first-order valence-corrected chi connectivity index (χ1v) is 7.82. The van der Waals surface area contributed by atoms with Gasteiger partial charge in [0.2, 0.25) is 5.91 Å². The van der Waals surface area contributed by atoms with E-state index in [0.717, 1.165) is 38.7 Å². The number of carbonyl (C=O) groups excluding carboxylic acids is 1. The zero-order valence-corrected chi connectivity index (χ0v) is 12.6. The maximum absolute atomic E-state index is 12.2. The van der Waals surface area contributed by atoms with Gasteiger partial charge in [-0.15, -0.1) is 0 Å². The van der Waals surface area contributed by atoms with Crippen LogP contribution < -0.4 is 5.32 Å². The highest BCUT2D eigenvalue weighted by Gasteiger charge is 2.41. The SMILES string of the molecule is CC(OCC1CCCO1)C(=O)NC1(C(=O)O)CCCCC1. The molecule has 1 heterocycles. The highest BCUT2D eigenvalue weighted by Crippen LogP contribution is 2.28. The maximum atomic E-state index is 12.2. The molecule has 2 aliphatic rings. The van der Waals surface area contributed by atoms with Crippen LogP contribution in [-0.4, -0.2) is 47.9 Å². The summed E-state index contributed by atoms with van der Waals surface area (Å²) < 4.78 is 11.0. The second-order valence-corrected chi connectivity index (χ2v) is 6.05. The van der Waals surface area contributed by atoms with E-state index in [4.69, 9.17) is 9.47 Å². The molecule has 0 bridgehead atoms. The van der Waals surface area contributed by atoms with E-state index in [1.807, 2.05) is 0 Å². The first kappa shape index (κ1) is 16.2. The Balaban J connectivity index is 1.84. The Hall–Kier alpha value is -1.14. The molecule has 120 valence electrons. The molecular formula is C15H25NO5. The number of carbonyl (C=O) groups is 2. The number of carboxylic acid groups (broad SMARTS) is 1. The van der Waals surface area contributed by atoms with Gasteiger partial charge < -0.3 is 19.9 Å². The van der Waals surface area contributed by atoms with Gasteiger partial charge in [0.25, 0.3) is 0 Å². The van der Waals surface area contributed by atoms with Crippen molar-refractivity contribution in [3.63, 3.8) is 0 Å². The van der Waals surface area contributed by atoms with Crippen LogP contribution in [0.2, 0.25) is 0 Å². The van der Waals surface area contributed by atoms with Gasteiger partial charge in [-0.05, 0) is 32.6 Å². The van der Waals surface area contributed by atoms with Crippen LogP contribution in [0.15, 0.2) is 0 Å². The second-order valence-electron chi connectivity index (χ2n) is 6.05. The summed E-state index contributed by atoms with van der Waals surface area (Å²) >= 11 is 0. The number of rotatable bonds is 6. The number of carboxylic acids is 1. The fourth-order valence-electron chi connectivity index (χ4n) is 2.99. The van der Waals surface area contributed by atoms with Crippen LogP contribution in [-0.2, 0) is 19.1 Å². The van der Waals surface area contributed by atoms with Crippen molar-refractivity contribution in [2.75, 3.05) is 13.2 Å². The van der Waals surface area contributed by atoms with E-state index in [9.17, 15) is 14.7 Å². The van der Waals surface area contributed by atoms with Crippen LogP contribution in [0, 0.1) is 0 Å². The smallest absolute Gasteiger partial charge is 0.329 e. The predicted molar refractivity (Wildman–Crippen MR) is 76.0 cm³/mol. The molecule has 1 aliphatic carbocycles. The van der Waals surface area contributed by atoms with E-state index in [1.54, 1.807) is 6.92 Å². The molecule has 2 rings (SSSR count). The minimum atomic E-state index is -1.11. The minimum Gasteiger partial charge on any atom is -0.480 e. The van der Waals surface area contributed by atoms with Crippen molar-refractivity contribution >= 4 is 11.9 Å². The summed E-state index contributed by atoms with van der Waals surface area (Å²) in [5, 5.41) is 12.1. The van der Waals surface area contributed by atoms with E-state index >= 15 is 0 Å². The van der Waals surface area contributed by atoms with Crippen molar-refractivity contribution in [3.05, 3.63) is 0 Å². The molecule has 6 heteroatoms. The van der Waals surface area contributed by atoms with E-state index < -0.39 is 17.6 Å². The highest BCUT2D eigenvalue weighted by molar-refractivity contribution is 5.89. The van der Waals surface area contributed by atoms with Gasteiger partial charge in [0.15, 0.2) is 0 Å². The standard InChI is InChI=1S/C15H25NO5/c1-11(21-10-12-6-5-9-20-12)13(17)16-15(14(18)19)7-3-2-4-8-15/h11-12H,2-10H2,1H3,(H,16,17)(H,18,19). The van der Waals surface area contributed by atoms with Crippen molar-refractivity contribution in [1.82, 2.24) is 5.32 Å². The average molecular weight is 299 g/mol. The molecule has 2 N–H and O–H groups in total. The van der Waals surface area contributed by atoms with Crippen LogP contribution in [0.25, 0.3) is 0 Å². The molecular weight excluding hydrogens is 274 g/mol. The number of amides is 1. The fraction of sp³-hybridized carbons (Fsp3) is 0.867. The van der Waals surface area contributed by atoms with Gasteiger partial charge >= 0.3 is 5.97 Å². The number of hydrogen-bond acceptors (Lipinski definition) is 4. The molecule has 0 aromatic rings. The zero-order chi connectivity index (χ0) is 15.3. The molecule has 1 saturated heterocycles. The Labute approximate surface area is 125 Å². The number of nitrogens with one attached hydrogen (secondary N) is 1. The molecule has 1 aliphatic heterocycles. The topological polar surface area (TPSA) is 84.9 Å². The lowest BCUT2D eigenvalue weighted by molar-refractivity contribution is -0.152. The Kier molecular flexibility index (Phi) is 5.58. The zero-order valence-electron chi connectivity index (χ0n) is 12.6. The summed E-state index contributed by atoms with van der Waals surface area (Å²) in [4.78, 5) is 23.7. The molecule has 2 unspecified atom stereocenters. The monoisotopic (exact) mass is 299 g/mol. The number of ether oxygens (including phenoxy) is 2. The molecule has 1 saturated carbocycles. The van der Waals surface area contributed by atoms with E-state index in [2.05, 4.69) is 5.32 Å². The summed E-state index contributed by atoms with van der Waals surface area (Å²) in [6.45, 7) is 2.79. The minimum absolute atomic E-state index is 0.0587. The molecule has 1 amide bonds. The summed E-state index contributed by atoms with van der Waals surface area (Å²) in [6.07, 6.45) is 5.05. The third kappa shape index (κ3) is 4.17. The van der Waals surface area contributed by atoms with E-state index in [-0.39, 0.29) is 12.0 Å². The summed E-state index contributed by atoms with van der Waals surface area (Å²) in [7, 11) is 0. The Morgan fingerprint density at radius 2 is 2.05 bits per heavy atom. The van der Waals surface area contributed by atoms with Crippen LogP contribution in [0.3, 0.4) is 0 Å². The average Bonchev–Trinajstić information content (AvgIpc) is 2.98. The van der Waals surface area contributed by atoms with E-state index in [0.29, 0.717) is 19.4 Å². The van der Waals surface area contributed by atoms with Crippen LogP contribution in [0.4, 0.5) is 0 Å². The van der Waals surface area contributed by atoms with Crippen LogP contribution in [0.5, 0.6) is 0 Å². The van der Waals surface area contributed by atoms with Crippen LogP contribution in [0.1, 0.15) is 51.9 Å². The normalized spacial score (nSPS) is 26.2. The molecule has 2 fully saturated rings. The molecule has 21 heavy (non-hydrogen) atoms. The lowest BCUT2D eigenvalue weighted by Gasteiger charge is -2.34. The van der Waals surface area contributed by atoms with Crippen molar-refractivity contribution in [2.45, 2.75) is 69.6 Å². The van der Waals surface area contributed by atoms with Gasteiger partial charge in [-0.3, -0.25) is 4.79 Å². The van der Waals surface area contributed by atoms with Gasteiger partial charge in [-0.25, -0.2) is 4.79 Å². The van der Waals surface area contributed by atoms with Gasteiger partial charge in [-0.1, -0.05) is 19.3 Å². The second kappa shape index (κ2) is 7.22. The molecule has 0 radical (unpaired) electrons. The number of aliphatic carboxylic acids is 1. The lowest BCUT2D eigenvalue weighted by Crippen LogP contribution is -2.57. The summed E-state index contributed by atoms with van der Waals surface area (Å²) in [5.41, 5.74) is -1.11. The fourth-order valence-corrected chi connectivity index (χ4v) is 2.99. The Bertz CT molecular complexity index is 372. The van der Waals surface area contributed by atoms with Gasteiger partial charge in [0, 0.05) is 6.61 Å². The summed E-state index contributed by atoms with van der Waals surface area (Å²) in [6, 6.07) is 0. The molecule has 0 spiro atoms. The van der Waals surface area contributed by atoms with Gasteiger partial charge in [-0.2, -0.15) is 0 Å². The predicted octanol–water partition coefficient (Wildman–Crippen LogP) is 1.47. The highest BCUT2D eigenvalue weighted by atomic mass is 16.5. The Morgan fingerprint density at radius 1 is 1.33 bits per heavy atom. The Morgan fingerprint density at radius 3 is 2.62 bits per heavy atom. The molecule has 0 aromatic carbocycles. The van der Waals surface area contributed by atoms with Crippen molar-refractivity contribution in [3.8, 4) is 0 Å².